The summed E-state index contributed by atoms with van der Waals surface area (Å²) in [6, 6.07) is 14.7. The van der Waals surface area contributed by atoms with Crippen LogP contribution in [0.2, 0.25) is 0 Å². The van der Waals surface area contributed by atoms with E-state index in [1.165, 1.54) is 0 Å². The Bertz CT molecular complexity index is 701. The van der Waals surface area contributed by atoms with Crippen LogP contribution in [0.15, 0.2) is 48.5 Å². The fraction of sp³-hybridized carbons (Fsp3) is 0.458. The van der Waals surface area contributed by atoms with Gasteiger partial charge in [-0.05, 0) is 30.5 Å². The Hall–Kier alpha value is -2.53. The van der Waals surface area contributed by atoms with Crippen LogP contribution in [0, 0.1) is 0 Å². The topological polar surface area (TPSA) is 65.0 Å². The molecular formula is C24H32O5. The van der Waals surface area contributed by atoms with E-state index in [2.05, 4.69) is 13.8 Å². The van der Waals surface area contributed by atoms with E-state index in [1.807, 2.05) is 36.4 Å². The average Bonchev–Trinajstić information content (AvgIpc) is 2.75. The molecule has 0 aliphatic rings. The number of carbonyl (C=O) groups excluding carboxylic acids is 1. The molecule has 0 aliphatic heterocycles. The number of ether oxygens (including phenoxy) is 3. The molecule has 0 radical (unpaired) electrons. The number of hydrogen-bond acceptors (Lipinski definition) is 5. The minimum atomic E-state index is -0.458. The Morgan fingerprint density at radius 2 is 1.52 bits per heavy atom. The van der Waals surface area contributed by atoms with Gasteiger partial charge in [0.1, 0.15) is 18.1 Å². The van der Waals surface area contributed by atoms with Gasteiger partial charge in [-0.15, -0.1) is 0 Å². The third-order valence-electron chi connectivity index (χ3n) is 4.56. The molecule has 0 amide bonds. The summed E-state index contributed by atoms with van der Waals surface area (Å²) < 4.78 is 17.0. The zero-order valence-corrected chi connectivity index (χ0v) is 17.4. The smallest absolute Gasteiger partial charge is 0.338 e. The number of carbonyl (C=O) groups is 1. The summed E-state index contributed by atoms with van der Waals surface area (Å²) in [6.07, 6.45) is 3.94. The molecule has 1 unspecified atom stereocenters. The fourth-order valence-electron chi connectivity index (χ4n) is 2.76. The minimum Gasteiger partial charge on any atom is -0.493 e. The number of aliphatic hydroxyl groups excluding tert-OH is 1. The number of esters is 1. The van der Waals surface area contributed by atoms with Gasteiger partial charge in [-0.25, -0.2) is 4.79 Å². The van der Waals surface area contributed by atoms with Crippen LogP contribution < -0.4 is 9.47 Å². The van der Waals surface area contributed by atoms with E-state index in [9.17, 15) is 9.90 Å². The summed E-state index contributed by atoms with van der Waals surface area (Å²) >= 11 is 0. The maximum atomic E-state index is 12.6. The van der Waals surface area contributed by atoms with Gasteiger partial charge >= 0.3 is 5.97 Å². The van der Waals surface area contributed by atoms with Crippen molar-refractivity contribution < 1.29 is 24.1 Å². The van der Waals surface area contributed by atoms with Crippen molar-refractivity contribution in [3.8, 4) is 11.5 Å². The van der Waals surface area contributed by atoms with E-state index in [0.717, 1.165) is 31.2 Å². The highest BCUT2D eigenvalue weighted by Gasteiger charge is 2.16. The molecule has 5 nitrogen and oxygen atoms in total. The van der Waals surface area contributed by atoms with Crippen LogP contribution in [0.5, 0.6) is 11.5 Å². The third-order valence-corrected chi connectivity index (χ3v) is 4.56. The van der Waals surface area contributed by atoms with Crippen molar-refractivity contribution in [2.75, 3.05) is 26.4 Å². The second-order valence-electron chi connectivity index (χ2n) is 6.99. The number of unbranched alkanes of at least 4 members (excludes halogenated alkanes) is 2. The van der Waals surface area contributed by atoms with E-state index in [4.69, 9.17) is 14.2 Å². The van der Waals surface area contributed by atoms with Gasteiger partial charge in [0.2, 0.25) is 0 Å². The van der Waals surface area contributed by atoms with Crippen molar-refractivity contribution in [2.45, 2.75) is 45.4 Å². The van der Waals surface area contributed by atoms with Crippen molar-refractivity contribution in [1.29, 1.82) is 0 Å². The zero-order chi connectivity index (χ0) is 20.9. The molecule has 2 aromatic rings. The number of rotatable bonds is 13. The summed E-state index contributed by atoms with van der Waals surface area (Å²) in [4.78, 5) is 12.6. The quantitative estimate of drug-likeness (QED) is 0.380. The van der Waals surface area contributed by atoms with E-state index < -0.39 is 5.97 Å². The van der Waals surface area contributed by atoms with E-state index >= 15 is 0 Å². The lowest BCUT2D eigenvalue weighted by atomic mass is 10.0. The summed E-state index contributed by atoms with van der Waals surface area (Å²) in [5.41, 5.74) is 1.32. The molecule has 1 N–H and O–H groups in total. The molecule has 158 valence electrons. The van der Waals surface area contributed by atoms with Crippen LogP contribution in [0.25, 0.3) is 0 Å². The number of hydrogen-bond donors (Lipinski definition) is 1. The van der Waals surface area contributed by atoms with Gasteiger partial charge in [0.15, 0.2) is 0 Å². The second kappa shape index (κ2) is 12.8. The van der Waals surface area contributed by atoms with Crippen molar-refractivity contribution in [2.24, 2.45) is 0 Å². The third kappa shape index (κ3) is 7.78. The number of aliphatic hydroxyl groups is 1. The van der Waals surface area contributed by atoms with Crippen LogP contribution in [-0.2, 0) is 4.74 Å². The Kier molecular flexibility index (Phi) is 10.1. The summed E-state index contributed by atoms with van der Waals surface area (Å²) in [7, 11) is 0. The molecule has 0 fully saturated rings. The van der Waals surface area contributed by atoms with E-state index in [0.29, 0.717) is 30.3 Å². The lowest BCUT2D eigenvalue weighted by Crippen LogP contribution is -2.16. The van der Waals surface area contributed by atoms with Gasteiger partial charge < -0.3 is 19.3 Å². The molecule has 1 atom stereocenters. The van der Waals surface area contributed by atoms with Gasteiger partial charge in [0, 0.05) is 12.0 Å². The van der Waals surface area contributed by atoms with Crippen LogP contribution in [0.3, 0.4) is 0 Å². The Labute approximate surface area is 173 Å². The van der Waals surface area contributed by atoms with Gasteiger partial charge in [-0.1, -0.05) is 57.0 Å². The molecule has 0 saturated carbocycles. The SMILES string of the molecule is CCCCOc1cc(OCCCC)cc(C(=O)OCC(CO)c2ccccc2)c1. The largest absolute Gasteiger partial charge is 0.493 e. The van der Waals surface area contributed by atoms with E-state index in [-0.39, 0.29) is 19.1 Å². The molecule has 5 heteroatoms. The fourth-order valence-corrected chi connectivity index (χ4v) is 2.76. The first-order valence-corrected chi connectivity index (χ1v) is 10.4. The molecule has 0 saturated heterocycles. The van der Waals surface area contributed by atoms with Gasteiger partial charge in [0.05, 0.1) is 25.4 Å². The molecule has 0 bridgehead atoms. The number of benzene rings is 2. The maximum Gasteiger partial charge on any atom is 0.338 e. The van der Waals surface area contributed by atoms with Crippen LogP contribution in [0.1, 0.15) is 61.4 Å². The normalized spacial score (nSPS) is 11.7. The predicted molar refractivity (Wildman–Crippen MR) is 114 cm³/mol. The monoisotopic (exact) mass is 400 g/mol. The average molecular weight is 401 g/mol. The minimum absolute atomic E-state index is 0.0944. The molecular weight excluding hydrogens is 368 g/mol. The van der Waals surface area contributed by atoms with Gasteiger partial charge in [0.25, 0.3) is 0 Å². The van der Waals surface area contributed by atoms with Crippen LogP contribution in [0.4, 0.5) is 0 Å². The zero-order valence-electron chi connectivity index (χ0n) is 17.4. The molecule has 29 heavy (non-hydrogen) atoms. The van der Waals surface area contributed by atoms with Crippen molar-refractivity contribution >= 4 is 5.97 Å². The Balaban J connectivity index is 2.07. The van der Waals surface area contributed by atoms with Crippen molar-refractivity contribution in [3.63, 3.8) is 0 Å². The molecule has 0 heterocycles. The molecule has 2 aromatic carbocycles. The molecule has 0 aliphatic carbocycles. The maximum absolute atomic E-state index is 12.6. The first-order chi connectivity index (χ1) is 14.2. The lowest BCUT2D eigenvalue weighted by molar-refractivity contribution is 0.0449. The van der Waals surface area contributed by atoms with Gasteiger partial charge in [-0.3, -0.25) is 0 Å². The summed E-state index contributed by atoms with van der Waals surface area (Å²) in [5.74, 6) is 0.479. The second-order valence-corrected chi connectivity index (χ2v) is 6.99. The first kappa shape index (κ1) is 22.8. The Morgan fingerprint density at radius 3 is 2.03 bits per heavy atom. The van der Waals surface area contributed by atoms with Crippen molar-refractivity contribution in [1.82, 2.24) is 0 Å². The Morgan fingerprint density at radius 1 is 0.931 bits per heavy atom. The highest BCUT2D eigenvalue weighted by molar-refractivity contribution is 5.90. The highest BCUT2D eigenvalue weighted by Crippen LogP contribution is 2.25. The molecule has 2 rings (SSSR count). The van der Waals surface area contributed by atoms with E-state index in [1.54, 1.807) is 12.1 Å². The standard InChI is InChI=1S/C24H32O5/c1-3-5-12-27-22-14-20(15-23(16-22)28-13-6-4-2)24(26)29-18-21(17-25)19-10-8-7-9-11-19/h7-11,14-16,21,25H,3-6,12-13,17-18H2,1-2H3. The van der Waals surface area contributed by atoms with Gasteiger partial charge in [-0.2, -0.15) is 0 Å². The predicted octanol–water partition coefficient (Wildman–Crippen LogP) is 4.98. The highest BCUT2D eigenvalue weighted by atomic mass is 16.5. The lowest BCUT2D eigenvalue weighted by Gasteiger charge is -2.16. The first-order valence-electron chi connectivity index (χ1n) is 10.4. The molecule has 0 spiro atoms. The summed E-state index contributed by atoms with van der Waals surface area (Å²) in [6.45, 7) is 5.38. The molecule has 0 aromatic heterocycles. The summed E-state index contributed by atoms with van der Waals surface area (Å²) in [5, 5.41) is 9.66. The van der Waals surface area contributed by atoms with Crippen LogP contribution >= 0.6 is 0 Å². The van der Waals surface area contributed by atoms with Crippen molar-refractivity contribution in [3.05, 3.63) is 59.7 Å². The van der Waals surface area contributed by atoms with Crippen LogP contribution in [-0.4, -0.2) is 37.5 Å².